The molecular weight excluding hydrogens is 378 g/mol. The van der Waals surface area contributed by atoms with Gasteiger partial charge in [-0.25, -0.2) is 0 Å². The van der Waals surface area contributed by atoms with Gasteiger partial charge in [-0.2, -0.15) is 0 Å². The second kappa shape index (κ2) is 10.2. The van der Waals surface area contributed by atoms with E-state index in [9.17, 15) is 9.90 Å². The smallest absolute Gasteiger partial charge is 0.269 e. The van der Waals surface area contributed by atoms with Crippen molar-refractivity contribution in [3.63, 3.8) is 0 Å². The van der Waals surface area contributed by atoms with Crippen molar-refractivity contribution in [3.8, 4) is 0 Å². The van der Waals surface area contributed by atoms with E-state index in [0.29, 0.717) is 18.2 Å². The Morgan fingerprint density at radius 2 is 2.03 bits per heavy atom. The van der Waals surface area contributed by atoms with Gasteiger partial charge in [0, 0.05) is 45.6 Å². The van der Waals surface area contributed by atoms with E-state index in [1.165, 1.54) is 11.1 Å². The summed E-state index contributed by atoms with van der Waals surface area (Å²) in [6, 6.07) is 12.3. The number of benzene rings is 1. The van der Waals surface area contributed by atoms with Crippen molar-refractivity contribution in [3.05, 3.63) is 65.0 Å². The van der Waals surface area contributed by atoms with Gasteiger partial charge in [0.2, 0.25) is 0 Å². The predicted octanol–water partition coefficient (Wildman–Crippen LogP) is 2.20. The Hall–Kier alpha value is -2.28. The number of aliphatic hydroxyl groups is 1. The minimum atomic E-state index is -0.607. The highest BCUT2D eigenvalue weighted by atomic mass is 16.5. The number of β-amino-alcohol motifs (C(OH)–C–C–N with tert-alkyl or cyclic N) is 1. The SMILES string of the molecule is O=C(NCC(O)CN1CCc2ccccc2C1)c1cc(CC2CCOCC2)ccn1. The number of fused-ring (bicyclic) bond motifs is 1. The zero-order valence-electron chi connectivity index (χ0n) is 17.4. The standard InChI is InChI=1S/C24H31N3O3/c28-22(17-27-10-6-20-3-1-2-4-21(20)16-27)15-26-24(29)23-14-19(5-9-25-23)13-18-7-11-30-12-8-18/h1-5,9,14,18,22,28H,6-8,10-13,15-17H2,(H,26,29). The van der Waals surface area contributed by atoms with Crippen LogP contribution < -0.4 is 5.32 Å². The third kappa shape index (κ3) is 5.65. The highest BCUT2D eigenvalue weighted by Crippen LogP contribution is 2.20. The van der Waals surface area contributed by atoms with E-state index in [4.69, 9.17) is 4.74 Å². The molecule has 0 radical (unpaired) electrons. The number of aromatic nitrogens is 1. The molecule has 0 spiro atoms. The molecule has 1 aromatic carbocycles. The van der Waals surface area contributed by atoms with Gasteiger partial charge in [0.1, 0.15) is 5.69 Å². The topological polar surface area (TPSA) is 74.7 Å². The summed E-state index contributed by atoms with van der Waals surface area (Å²) in [7, 11) is 0. The van der Waals surface area contributed by atoms with Crippen LogP contribution in [0.25, 0.3) is 0 Å². The highest BCUT2D eigenvalue weighted by molar-refractivity contribution is 5.92. The first-order valence-electron chi connectivity index (χ1n) is 11.0. The number of aliphatic hydroxyl groups excluding tert-OH is 1. The van der Waals surface area contributed by atoms with Crippen molar-refractivity contribution in [1.29, 1.82) is 0 Å². The van der Waals surface area contributed by atoms with Crippen LogP contribution in [0.15, 0.2) is 42.6 Å². The number of carbonyl (C=O) groups is 1. The zero-order valence-corrected chi connectivity index (χ0v) is 17.4. The van der Waals surface area contributed by atoms with Gasteiger partial charge in [-0.15, -0.1) is 0 Å². The molecule has 0 bridgehead atoms. The van der Waals surface area contributed by atoms with Crippen LogP contribution in [0.2, 0.25) is 0 Å². The number of hydrogen-bond acceptors (Lipinski definition) is 5. The molecule has 1 saturated heterocycles. The minimum Gasteiger partial charge on any atom is -0.390 e. The normalized spacial score (nSPS) is 18.6. The van der Waals surface area contributed by atoms with Crippen molar-refractivity contribution in [2.75, 3.05) is 32.8 Å². The molecule has 2 aliphatic heterocycles. The highest BCUT2D eigenvalue weighted by Gasteiger charge is 2.20. The predicted molar refractivity (Wildman–Crippen MR) is 115 cm³/mol. The molecule has 1 atom stereocenters. The first-order chi connectivity index (χ1) is 14.7. The molecular formula is C24H31N3O3. The lowest BCUT2D eigenvalue weighted by atomic mass is 9.92. The molecule has 6 heteroatoms. The van der Waals surface area contributed by atoms with Crippen molar-refractivity contribution in [2.45, 2.75) is 38.3 Å². The third-order valence-corrected chi connectivity index (χ3v) is 6.10. The number of ether oxygens (including phenoxy) is 1. The van der Waals surface area contributed by atoms with Crippen LogP contribution >= 0.6 is 0 Å². The fraction of sp³-hybridized carbons (Fsp3) is 0.500. The van der Waals surface area contributed by atoms with Crippen LogP contribution in [0.5, 0.6) is 0 Å². The molecule has 1 unspecified atom stereocenters. The van der Waals surface area contributed by atoms with Crippen molar-refractivity contribution in [1.82, 2.24) is 15.2 Å². The van der Waals surface area contributed by atoms with E-state index in [2.05, 4.69) is 39.5 Å². The Labute approximate surface area is 178 Å². The van der Waals surface area contributed by atoms with E-state index in [1.807, 2.05) is 12.1 Å². The van der Waals surface area contributed by atoms with Crippen LogP contribution in [0.1, 0.15) is 40.0 Å². The average molecular weight is 410 g/mol. The maximum absolute atomic E-state index is 12.5. The molecule has 160 valence electrons. The summed E-state index contributed by atoms with van der Waals surface area (Å²) in [6.45, 7) is 4.19. The zero-order chi connectivity index (χ0) is 20.8. The lowest BCUT2D eigenvalue weighted by Gasteiger charge is -2.30. The van der Waals surface area contributed by atoms with Gasteiger partial charge in [0.05, 0.1) is 6.10 Å². The fourth-order valence-corrected chi connectivity index (χ4v) is 4.38. The molecule has 1 fully saturated rings. The Morgan fingerprint density at radius 1 is 1.23 bits per heavy atom. The fourth-order valence-electron chi connectivity index (χ4n) is 4.38. The van der Waals surface area contributed by atoms with Crippen molar-refractivity contribution >= 4 is 5.91 Å². The number of amides is 1. The summed E-state index contributed by atoms with van der Waals surface area (Å²) in [5.41, 5.74) is 4.27. The van der Waals surface area contributed by atoms with E-state index >= 15 is 0 Å². The van der Waals surface area contributed by atoms with Gasteiger partial charge >= 0.3 is 0 Å². The molecule has 3 heterocycles. The van der Waals surface area contributed by atoms with E-state index in [-0.39, 0.29) is 12.5 Å². The average Bonchev–Trinajstić information content (AvgIpc) is 2.78. The summed E-state index contributed by atoms with van der Waals surface area (Å²) in [5, 5.41) is 13.3. The number of nitrogens with one attached hydrogen (secondary N) is 1. The van der Waals surface area contributed by atoms with Crippen molar-refractivity contribution < 1.29 is 14.6 Å². The Kier molecular flexibility index (Phi) is 7.10. The maximum Gasteiger partial charge on any atom is 0.269 e. The van der Waals surface area contributed by atoms with Crippen LogP contribution in [0.4, 0.5) is 0 Å². The molecule has 2 aromatic rings. The van der Waals surface area contributed by atoms with Gasteiger partial charge in [-0.05, 0) is 60.4 Å². The Bertz CT molecular complexity index is 851. The molecule has 6 nitrogen and oxygen atoms in total. The molecule has 30 heavy (non-hydrogen) atoms. The van der Waals surface area contributed by atoms with Crippen LogP contribution in [-0.2, 0) is 24.1 Å². The second-order valence-electron chi connectivity index (χ2n) is 8.43. The number of pyridine rings is 1. The van der Waals surface area contributed by atoms with Gasteiger partial charge in [-0.1, -0.05) is 24.3 Å². The number of carbonyl (C=O) groups excluding carboxylic acids is 1. The Morgan fingerprint density at radius 3 is 2.87 bits per heavy atom. The molecule has 0 saturated carbocycles. The monoisotopic (exact) mass is 409 g/mol. The lowest BCUT2D eigenvalue weighted by molar-refractivity contribution is 0.0665. The number of hydrogen-bond donors (Lipinski definition) is 2. The molecule has 0 aliphatic carbocycles. The van der Waals surface area contributed by atoms with Gasteiger partial charge in [0.15, 0.2) is 0 Å². The molecule has 4 rings (SSSR count). The van der Waals surface area contributed by atoms with E-state index < -0.39 is 6.10 Å². The molecule has 1 amide bonds. The molecule has 1 aromatic heterocycles. The summed E-state index contributed by atoms with van der Waals surface area (Å²) in [4.78, 5) is 19.0. The maximum atomic E-state index is 12.5. The van der Waals surface area contributed by atoms with Gasteiger partial charge in [0.25, 0.3) is 5.91 Å². The first-order valence-corrected chi connectivity index (χ1v) is 11.0. The van der Waals surface area contributed by atoms with Crippen LogP contribution in [0.3, 0.4) is 0 Å². The second-order valence-corrected chi connectivity index (χ2v) is 8.43. The van der Waals surface area contributed by atoms with Crippen LogP contribution in [0, 0.1) is 5.92 Å². The van der Waals surface area contributed by atoms with Crippen LogP contribution in [-0.4, -0.2) is 59.8 Å². The third-order valence-electron chi connectivity index (χ3n) is 6.10. The number of rotatable bonds is 7. The molecule has 2 N–H and O–H groups in total. The van der Waals surface area contributed by atoms with Gasteiger partial charge in [-0.3, -0.25) is 14.7 Å². The summed E-state index contributed by atoms with van der Waals surface area (Å²) in [6.07, 6.45) is 5.17. The summed E-state index contributed by atoms with van der Waals surface area (Å²) < 4.78 is 5.42. The minimum absolute atomic E-state index is 0.225. The van der Waals surface area contributed by atoms with E-state index in [1.54, 1.807) is 6.20 Å². The van der Waals surface area contributed by atoms with Gasteiger partial charge < -0.3 is 15.2 Å². The van der Waals surface area contributed by atoms with Crippen molar-refractivity contribution in [2.24, 2.45) is 5.92 Å². The summed E-state index contributed by atoms with van der Waals surface area (Å²) >= 11 is 0. The van der Waals surface area contributed by atoms with E-state index in [0.717, 1.165) is 57.6 Å². The lowest BCUT2D eigenvalue weighted by Crippen LogP contribution is -2.42. The Balaban J connectivity index is 1.24. The summed E-state index contributed by atoms with van der Waals surface area (Å²) in [5.74, 6) is 0.375. The quantitative estimate of drug-likeness (QED) is 0.733. The largest absolute Gasteiger partial charge is 0.390 e. The number of nitrogens with zero attached hydrogens (tertiary/aromatic N) is 2. The molecule has 2 aliphatic rings. The first kappa shape index (κ1) is 21.0.